The van der Waals surface area contributed by atoms with Crippen LogP contribution >= 0.6 is 23.1 Å². The van der Waals surface area contributed by atoms with Gasteiger partial charge in [0.05, 0.1) is 17.9 Å². The summed E-state index contributed by atoms with van der Waals surface area (Å²) in [4.78, 5) is 40.0. The van der Waals surface area contributed by atoms with Crippen LogP contribution in [0, 0.1) is 5.82 Å². The van der Waals surface area contributed by atoms with Gasteiger partial charge in [-0.15, -0.1) is 23.1 Å². The summed E-state index contributed by atoms with van der Waals surface area (Å²) in [6.07, 6.45) is 4.93. The van der Waals surface area contributed by atoms with Crippen molar-refractivity contribution in [1.29, 1.82) is 0 Å². The van der Waals surface area contributed by atoms with E-state index in [9.17, 15) is 18.8 Å². The third-order valence-electron chi connectivity index (χ3n) is 5.93. The van der Waals surface area contributed by atoms with E-state index < -0.39 is 17.0 Å². The smallest absolute Gasteiger partial charge is 0.341 e. The molecule has 0 bridgehead atoms. The summed E-state index contributed by atoms with van der Waals surface area (Å²) < 4.78 is 18.1. The van der Waals surface area contributed by atoms with Crippen molar-refractivity contribution in [1.82, 2.24) is 0 Å². The van der Waals surface area contributed by atoms with E-state index in [0.717, 1.165) is 47.4 Å². The van der Waals surface area contributed by atoms with Crippen molar-refractivity contribution in [2.45, 2.75) is 49.2 Å². The molecule has 2 amide bonds. The zero-order valence-corrected chi connectivity index (χ0v) is 21.7. The Kier molecular flexibility index (Phi) is 8.43. The van der Waals surface area contributed by atoms with Crippen LogP contribution in [-0.2, 0) is 22.4 Å². The number of amides is 2. The lowest BCUT2D eigenvalue weighted by atomic mass is 10.1. The topological polar surface area (TPSA) is 84.5 Å². The minimum atomic E-state index is -0.458. The lowest BCUT2D eigenvalue weighted by molar-refractivity contribution is -0.115. The molecule has 9 heteroatoms. The van der Waals surface area contributed by atoms with Gasteiger partial charge in [0.25, 0.3) is 5.91 Å². The summed E-state index contributed by atoms with van der Waals surface area (Å²) in [6.45, 7) is 1.79. The van der Waals surface area contributed by atoms with Gasteiger partial charge in [-0.05, 0) is 80.6 Å². The van der Waals surface area contributed by atoms with Gasteiger partial charge in [-0.1, -0.05) is 12.5 Å². The van der Waals surface area contributed by atoms with Crippen LogP contribution in [0.5, 0.6) is 0 Å². The molecule has 1 unspecified atom stereocenters. The molecule has 1 heterocycles. The van der Waals surface area contributed by atoms with Crippen molar-refractivity contribution in [2.75, 3.05) is 17.7 Å². The second-order valence-corrected chi connectivity index (χ2v) is 11.0. The number of ether oxygens (including phenoxy) is 1. The van der Waals surface area contributed by atoms with Crippen molar-refractivity contribution in [2.24, 2.45) is 0 Å². The fourth-order valence-corrected chi connectivity index (χ4v) is 6.28. The van der Waals surface area contributed by atoms with Gasteiger partial charge in [0.2, 0.25) is 5.91 Å². The van der Waals surface area contributed by atoms with E-state index in [-0.39, 0.29) is 11.8 Å². The van der Waals surface area contributed by atoms with Crippen LogP contribution in [0.1, 0.15) is 57.3 Å². The first-order valence-corrected chi connectivity index (χ1v) is 13.4. The molecular weight excluding hydrogens is 499 g/mol. The van der Waals surface area contributed by atoms with E-state index in [1.807, 2.05) is 6.07 Å². The first-order chi connectivity index (χ1) is 17.4. The van der Waals surface area contributed by atoms with E-state index in [1.165, 1.54) is 54.5 Å². The van der Waals surface area contributed by atoms with Crippen LogP contribution < -0.4 is 10.6 Å². The Morgan fingerprint density at radius 2 is 1.78 bits per heavy atom. The molecule has 2 N–H and O–H groups in total. The summed E-state index contributed by atoms with van der Waals surface area (Å²) in [6, 6.07) is 12.5. The number of carbonyl (C=O) groups excluding carboxylic acids is 3. The van der Waals surface area contributed by atoms with Gasteiger partial charge in [-0.3, -0.25) is 9.59 Å². The molecule has 0 saturated carbocycles. The number of carbonyl (C=O) groups is 3. The summed E-state index contributed by atoms with van der Waals surface area (Å²) in [5, 5.41) is 5.84. The van der Waals surface area contributed by atoms with E-state index in [2.05, 4.69) is 10.6 Å². The monoisotopic (exact) mass is 526 g/mol. The number of halogens is 1. The number of esters is 1. The van der Waals surface area contributed by atoms with Gasteiger partial charge in [0, 0.05) is 21.0 Å². The maximum Gasteiger partial charge on any atom is 0.341 e. The molecule has 0 spiro atoms. The zero-order valence-electron chi connectivity index (χ0n) is 20.1. The SMILES string of the molecule is COC(=O)c1c(NC(=O)C(C)Sc2cccc(NC(=O)c3ccc(F)cc3)c2)sc2c1CCCCC2. The molecule has 1 atom stereocenters. The Balaban J connectivity index is 1.44. The Morgan fingerprint density at radius 1 is 1.03 bits per heavy atom. The van der Waals surface area contributed by atoms with Crippen LogP contribution in [0.25, 0.3) is 0 Å². The molecule has 4 rings (SSSR count). The number of hydrogen-bond donors (Lipinski definition) is 2. The van der Waals surface area contributed by atoms with Crippen LogP contribution in [-0.4, -0.2) is 30.1 Å². The maximum absolute atomic E-state index is 13.1. The molecule has 36 heavy (non-hydrogen) atoms. The quantitative estimate of drug-likeness (QED) is 0.214. The Morgan fingerprint density at radius 3 is 2.53 bits per heavy atom. The molecular formula is C27H27FN2O4S2. The van der Waals surface area contributed by atoms with Crippen molar-refractivity contribution in [3.63, 3.8) is 0 Å². The number of hydrogen-bond acceptors (Lipinski definition) is 6. The third-order valence-corrected chi connectivity index (χ3v) is 8.23. The van der Waals surface area contributed by atoms with Gasteiger partial charge in [-0.2, -0.15) is 0 Å². The molecule has 1 aromatic heterocycles. The molecule has 0 radical (unpaired) electrons. The van der Waals surface area contributed by atoms with Crippen molar-refractivity contribution in [3.05, 3.63) is 75.9 Å². The molecule has 2 aromatic carbocycles. The van der Waals surface area contributed by atoms with Crippen LogP contribution in [0.3, 0.4) is 0 Å². The maximum atomic E-state index is 13.1. The standard InChI is InChI=1S/C27H27FN2O4S2/c1-16(24(31)30-26-23(27(33)34-2)21-9-4-3-5-10-22(21)36-26)35-20-8-6-7-19(15-20)29-25(32)17-11-13-18(28)14-12-17/h6-8,11-16H,3-5,9-10H2,1-2H3,(H,29,32)(H,30,31). The summed E-state index contributed by atoms with van der Waals surface area (Å²) in [7, 11) is 1.36. The van der Waals surface area contributed by atoms with Crippen LogP contribution in [0.4, 0.5) is 15.1 Å². The first-order valence-electron chi connectivity index (χ1n) is 11.7. The molecule has 1 aliphatic carbocycles. The van der Waals surface area contributed by atoms with Gasteiger partial charge < -0.3 is 15.4 Å². The summed E-state index contributed by atoms with van der Waals surface area (Å²) >= 11 is 2.81. The highest BCUT2D eigenvalue weighted by atomic mass is 32.2. The van der Waals surface area contributed by atoms with Crippen LogP contribution in [0.15, 0.2) is 53.4 Å². The fourth-order valence-electron chi connectivity index (χ4n) is 4.07. The largest absolute Gasteiger partial charge is 0.465 e. The Labute approximate surface area is 217 Å². The number of anilines is 2. The molecule has 188 valence electrons. The number of methoxy groups -OCH3 is 1. The second kappa shape index (κ2) is 11.7. The van der Waals surface area contributed by atoms with Crippen molar-refractivity contribution >= 4 is 51.6 Å². The molecule has 3 aromatic rings. The van der Waals surface area contributed by atoms with Crippen LogP contribution in [0.2, 0.25) is 0 Å². The van der Waals surface area contributed by atoms with E-state index >= 15 is 0 Å². The van der Waals surface area contributed by atoms with Crippen molar-refractivity contribution < 1.29 is 23.5 Å². The van der Waals surface area contributed by atoms with Gasteiger partial charge >= 0.3 is 5.97 Å². The average Bonchev–Trinajstić information content (AvgIpc) is 3.03. The van der Waals surface area contributed by atoms with Gasteiger partial charge in [0.15, 0.2) is 0 Å². The zero-order chi connectivity index (χ0) is 25.7. The van der Waals surface area contributed by atoms with Crippen molar-refractivity contribution in [3.8, 4) is 0 Å². The lowest BCUT2D eigenvalue weighted by Crippen LogP contribution is -2.23. The molecule has 0 saturated heterocycles. The summed E-state index contributed by atoms with van der Waals surface area (Å²) in [5.74, 6) is -1.40. The number of rotatable bonds is 7. The fraction of sp³-hybridized carbons (Fsp3) is 0.296. The minimum Gasteiger partial charge on any atom is -0.465 e. The number of aryl methyl sites for hydroxylation is 1. The number of nitrogens with one attached hydrogen (secondary N) is 2. The van der Waals surface area contributed by atoms with E-state index in [1.54, 1.807) is 25.1 Å². The number of thiophene rings is 1. The molecule has 0 aliphatic heterocycles. The van der Waals surface area contributed by atoms with Gasteiger partial charge in [0.1, 0.15) is 10.8 Å². The highest BCUT2D eigenvalue weighted by Gasteiger charge is 2.27. The lowest BCUT2D eigenvalue weighted by Gasteiger charge is -2.13. The number of benzene rings is 2. The van der Waals surface area contributed by atoms with Gasteiger partial charge in [-0.25, -0.2) is 9.18 Å². The number of fused-ring (bicyclic) bond motifs is 1. The second-order valence-electron chi connectivity index (χ2n) is 8.50. The molecule has 6 nitrogen and oxygen atoms in total. The highest BCUT2D eigenvalue weighted by molar-refractivity contribution is 8.00. The normalized spacial score (nSPS) is 13.8. The molecule has 0 fully saturated rings. The Bertz CT molecular complexity index is 1270. The first kappa shape index (κ1) is 25.9. The highest BCUT2D eigenvalue weighted by Crippen LogP contribution is 2.38. The minimum absolute atomic E-state index is 0.220. The number of thioether (sulfide) groups is 1. The predicted octanol–water partition coefficient (Wildman–Crippen LogP) is 6.31. The third kappa shape index (κ3) is 6.14. The van der Waals surface area contributed by atoms with E-state index in [4.69, 9.17) is 4.74 Å². The molecule has 1 aliphatic rings. The summed E-state index contributed by atoms with van der Waals surface area (Å²) in [5.41, 5.74) is 2.40. The predicted molar refractivity (Wildman–Crippen MR) is 142 cm³/mol. The average molecular weight is 527 g/mol. The van der Waals surface area contributed by atoms with E-state index in [0.29, 0.717) is 21.8 Å². The Hall–Kier alpha value is -3.17.